The van der Waals surface area contributed by atoms with Gasteiger partial charge in [0.25, 0.3) is 0 Å². The van der Waals surface area contributed by atoms with Gasteiger partial charge in [-0.15, -0.1) is 0 Å². The molecule has 1 aromatic rings. The Bertz CT molecular complexity index is 667. The van der Waals surface area contributed by atoms with Gasteiger partial charge in [0.2, 0.25) is 5.88 Å². The second kappa shape index (κ2) is 10.9. The average molecular weight is 404 g/mol. The quantitative estimate of drug-likeness (QED) is 0.512. The molecule has 0 atom stereocenters. The van der Waals surface area contributed by atoms with Crippen LogP contribution in [0.3, 0.4) is 0 Å². The topological polar surface area (TPSA) is 88.1 Å². The number of nitrogens with one attached hydrogen (secondary N) is 2. The van der Waals surface area contributed by atoms with E-state index < -0.39 is 0 Å². The van der Waals surface area contributed by atoms with Gasteiger partial charge in [0.05, 0.1) is 19.8 Å². The molecule has 1 amide bonds. The second-order valence-electron chi connectivity index (χ2n) is 7.56. The Balaban J connectivity index is 1.46. The molecular formula is C21H33N5O3. The normalized spacial score (nSPS) is 17.7. The fraction of sp³-hybridized carbons (Fsp3) is 0.667. The Hall–Kier alpha value is -2.51. The first-order chi connectivity index (χ1) is 14.2. The molecule has 2 heterocycles. The minimum absolute atomic E-state index is 0.219. The van der Waals surface area contributed by atoms with Crippen LogP contribution < -0.4 is 15.4 Å². The first kappa shape index (κ1) is 21.2. The highest BCUT2D eigenvalue weighted by atomic mass is 16.6. The van der Waals surface area contributed by atoms with Crippen LogP contribution >= 0.6 is 0 Å². The van der Waals surface area contributed by atoms with E-state index in [-0.39, 0.29) is 12.1 Å². The minimum Gasteiger partial charge on any atom is -0.477 e. The number of aliphatic imine (C=N–C) groups is 1. The number of carbonyl (C=O) groups excluding carboxylic acids is 1. The lowest BCUT2D eigenvalue weighted by atomic mass is 10.1. The molecule has 2 fully saturated rings. The number of pyridine rings is 1. The van der Waals surface area contributed by atoms with Crippen molar-refractivity contribution < 1.29 is 14.3 Å². The molecule has 1 aliphatic carbocycles. The van der Waals surface area contributed by atoms with Gasteiger partial charge in [-0.1, -0.05) is 6.07 Å². The Labute approximate surface area is 173 Å². The smallest absolute Gasteiger partial charge is 0.409 e. The lowest BCUT2D eigenvalue weighted by Gasteiger charge is -2.32. The summed E-state index contributed by atoms with van der Waals surface area (Å²) < 4.78 is 10.8. The number of guanidine groups is 1. The van der Waals surface area contributed by atoms with Crippen LogP contribution in [0, 0.1) is 5.92 Å². The molecule has 0 spiro atoms. The van der Waals surface area contributed by atoms with Crippen molar-refractivity contribution in [2.24, 2.45) is 10.9 Å². The lowest BCUT2D eigenvalue weighted by molar-refractivity contribution is 0.0963. The predicted molar refractivity (Wildman–Crippen MR) is 112 cm³/mol. The summed E-state index contributed by atoms with van der Waals surface area (Å²) in [6.45, 7) is 7.80. The molecular weight excluding hydrogens is 370 g/mol. The number of piperidine rings is 1. The van der Waals surface area contributed by atoms with Crippen LogP contribution in [0.25, 0.3) is 0 Å². The summed E-state index contributed by atoms with van der Waals surface area (Å²) in [7, 11) is 0. The molecule has 160 valence electrons. The van der Waals surface area contributed by atoms with Gasteiger partial charge in [-0.3, -0.25) is 0 Å². The molecule has 0 unspecified atom stereocenters. The zero-order valence-electron chi connectivity index (χ0n) is 17.5. The van der Waals surface area contributed by atoms with Gasteiger partial charge in [0.1, 0.15) is 0 Å². The summed E-state index contributed by atoms with van der Waals surface area (Å²) in [6, 6.07) is 4.22. The van der Waals surface area contributed by atoms with Gasteiger partial charge in [-0.25, -0.2) is 14.8 Å². The summed E-state index contributed by atoms with van der Waals surface area (Å²) in [5, 5.41) is 6.78. The van der Waals surface area contributed by atoms with E-state index >= 15 is 0 Å². The molecule has 1 aliphatic heterocycles. The molecule has 0 radical (unpaired) electrons. The number of carbonyl (C=O) groups is 1. The summed E-state index contributed by atoms with van der Waals surface area (Å²) >= 11 is 0. The third kappa shape index (κ3) is 7.11. The number of nitrogens with zero attached hydrogens (tertiary/aromatic N) is 3. The van der Waals surface area contributed by atoms with E-state index in [1.54, 1.807) is 4.90 Å². The second-order valence-corrected chi connectivity index (χ2v) is 7.56. The monoisotopic (exact) mass is 403 g/mol. The number of rotatable bonds is 8. The van der Waals surface area contributed by atoms with E-state index in [0.717, 1.165) is 43.4 Å². The molecule has 1 saturated carbocycles. The number of hydrogen-bond acceptors (Lipinski definition) is 5. The van der Waals surface area contributed by atoms with Gasteiger partial charge in [-0.05, 0) is 51.0 Å². The van der Waals surface area contributed by atoms with E-state index in [4.69, 9.17) is 9.47 Å². The molecule has 8 heteroatoms. The summed E-state index contributed by atoms with van der Waals surface area (Å²) in [5.74, 6) is 2.19. The largest absolute Gasteiger partial charge is 0.477 e. The van der Waals surface area contributed by atoms with E-state index in [1.807, 2.05) is 32.2 Å². The molecule has 2 N–H and O–H groups in total. The fourth-order valence-electron chi connectivity index (χ4n) is 3.18. The molecule has 0 bridgehead atoms. The van der Waals surface area contributed by atoms with Gasteiger partial charge in [0.15, 0.2) is 5.96 Å². The van der Waals surface area contributed by atoms with Crippen molar-refractivity contribution in [3.05, 3.63) is 23.9 Å². The van der Waals surface area contributed by atoms with Crippen LogP contribution in [0.15, 0.2) is 23.3 Å². The van der Waals surface area contributed by atoms with E-state index in [2.05, 4.69) is 20.6 Å². The van der Waals surface area contributed by atoms with Gasteiger partial charge >= 0.3 is 6.09 Å². The van der Waals surface area contributed by atoms with Crippen molar-refractivity contribution in [3.63, 3.8) is 0 Å². The third-order valence-electron chi connectivity index (χ3n) is 5.09. The maximum absolute atomic E-state index is 11.8. The zero-order chi connectivity index (χ0) is 20.5. The highest BCUT2D eigenvalue weighted by molar-refractivity contribution is 5.80. The molecule has 3 rings (SSSR count). The van der Waals surface area contributed by atoms with Crippen LogP contribution in [-0.2, 0) is 11.3 Å². The SMILES string of the molecule is CCNC(=NCc1ccc(OCC2CC2)nc1)NC1CCN(C(=O)OCC)CC1. The van der Waals surface area contributed by atoms with Gasteiger partial charge < -0.3 is 25.0 Å². The first-order valence-electron chi connectivity index (χ1n) is 10.7. The molecule has 8 nitrogen and oxygen atoms in total. The van der Waals surface area contributed by atoms with E-state index in [1.165, 1.54) is 12.8 Å². The first-order valence-corrected chi connectivity index (χ1v) is 10.7. The molecule has 0 aromatic carbocycles. The number of hydrogen-bond donors (Lipinski definition) is 2. The number of amides is 1. The standard InChI is InChI=1S/C21H33N5O3/c1-3-22-20(25-18-9-11-26(12-10-18)21(27)28-4-2)24-14-17-7-8-19(23-13-17)29-15-16-5-6-16/h7-8,13,16,18H,3-6,9-12,14-15H2,1-2H3,(H2,22,24,25). The summed E-state index contributed by atoms with van der Waals surface area (Å²) in [5.41, 5.74) is 1.04. The van der Waals surface area contributed by atoms with Crippen molar-refractivity contribution in [3.8, 4) is 5.88 Å². The number of likely N-dealkylation sites (tertiary alicyclic amines) is 1. The fourth-order valence-corrected chi connectivity index (χ4v) is 3.18. The highest BCUT2D eigenvalue weighted by Gasteiger charge is 2.24. The minimum atomic E-state index is -0.219. The molecule has 2 aliphatic rings. The maximum Gasteiger partial charge on any atom is 0.409 e. The molecule has 1 aromatic heterocycles. The van der Waals surface area contributed by atoms with Gasteiger partial charge in [0, 0.05) is 37.9 Å². The zero-order valence-corrected chi connectivity index (χ0v) is 17.5. The van der Waals surface area contributed by atoms with Crippen molar-refractivity contribution >= 4 is 12.1 Å². The van der Waals surface area contributed by atoms with Crippen LogP contribution in [0.4, 0.5) is 4.79 Å². The van der Waals surface area contributed by atoms with E-state index in [0.29, 0.717) is 32.1 Å². The van der Waals surface area contributed by atoms with Crippen molar-refractivity contribution in [2.75, 3.05) is 32.8 Å². The molecule has 29 heavy (non-hydrogen) atoms. The van der Waals surface area contributed by atoms with Crippen LogP contribution in [0.2, 0.25) is 0 Å². The number of ether oxygens (including phenoxy) is 2. The summed E-state index contributed by atoms with van der Waals surface area (Å²) in [4.78, 5) is 22.7. The maximum atomic E-state index is 11.8. The molecule has 1 saturated heterocycles. The Morgan fingerprint density at radius 1 is 1.24 bits per heavy atom. The van der Waals surface area contributed by atoms with Crippen LogP contribution in [0.1, 0.15) is 45.1 Å². The Morgan fingerprint density at radius 2 is 2.03 bits per heavy atom. The average Bonchev–Trinajstić information content (AvgIpc) is 3.57. The lowest BCUT2D eigenvalue weighted by Crippen LogP contribution is -2.49. The van der Waals surface area contributed by atoms with E-state index in [9.17, 15) is 4.79 Å². The van der Waals surface area contributed by atoms with Crippen molar-refractivity contribution in [2.45, 2.75) is 52.1 Å². The Kier molecular flexibility index (Phi) is 7.95. The predicted octanol–water partition coefficient (Wildman–Crippen LogP) is 2.55. The van der Waals surface area contributed by atoms with Gasteiger partial charge in [-0.2, -0.15) is 0 Å². The van der Waals surface area contributed by atoms with Crippen molar-refractivity contribution in [1.29, 1.82) is 0 Å². The van der Waals surface area contributed by atoms with Crippen LogP contribution in [0.5, 0.6) is 5.88 Å². The van der Waals surface area contributed by atoms with Crippen molar-refractivity contribution in [1.82, 2.24) is 20.5 Å². The third-order valence-corrected chi connectivity index (χ3v) is 5.09. The van der Waals surface area contributed by atoms with Crippen LogP contribution in [-0.4, -0.2) is 60.8 Å². The number of aromatic nitrogens is 1. The Morgan fingerprint density at radius 3 is 2.66 bits per heavy atom. The highest BCUT2D eigenvalue weighted by Crippen LogP contribution is 2.29. The summed E-state index contributed by atoms with van der Waals surface area (Å²) in [6.07, 6.45) is 5.90.